The molecule has 0 radical (unpaired) electrons. The van der Waals surface area contributed by atoms with Gasteiger partial charge >= 0.3 is 0 Å². The summed E-state index contributed by atoms with van der Waals surface area (Å²) in [4.78, 5) is 26.9. The van der Waals surface area contributed by atoms with Gasteiger partial charge in [-0.05, 0) is 24.5 Å². The Balaban J connectivity index is 1.87. The van der Waals surface area contributed by atoms with Gasteiger partial charge < -0.3 is 10.0 Å². The largest absolute Gasteiger partial charge is 0.503 e. The molecule has 0 bridgehead atoms. The molecule has 2 heterocycles. The Labute approximate surface area is 205 Å². The Morgan fingerprint density at radius 2 is 1.92 bits per heavy atom. The molecule has 1 amide bonds. The van der Waals surface area contributed by atoms with Gasteiger partial charge in [0.05, 0.1) is 18.5 Å². The number of likely N-dealkylation sites (tertiary alicyclic amines) is 1. The van der Waals surface area contributed by atoms with Crippen LogP contribution in [0.5, 0.6) is 5.75 Å². The van der Waals surface area contributed by atoms with Gasteiger partial charge in [0.25, 0.3) is 21.5 Å². The lowest BCUT2D eigenvalue weighted by Gasteiger charge is -2.36. The summed E-state index contributed by atoms with van der Waals surface area (Å²) in [5, 5.41) is 15.7. The third-order valence-corrected chi connectivity index (χ3v) is 6.63. The van der Waals surface area contributed by atoms with Crippen LogP contribution in [0.15, 0.2) is 59.5 Å². The van der Waals surface area contributed by atoms with Crippen molar-refractivity contribution in [3.63, 3.8) is 0 Å². The highest BCUT2D eigenvalue weighted by Gasteiger charge is 2.44. The molecular weight excluding hydrogens is 496 g/mol. The van der Waals surface area contributed by atoms with Gasteiger partial charge in [-0.3, -0.25) is 18.9 Å². The van der Waals surface area contributed by atoms with Gasteiger partial charge in [0, 0.05) is 18.0 Å². The van der Waals surface area contributed by atoms with Gasteiger partial charge in [-0.15, -0.1) is 0 Å². The summed E-state index contributed by atoms with van der Waals surface area (Å²) in [6.07, 6.45) is 1.05. The molecule has 1 aromatic heterocycles. The van der Waals surface area contributed by atoms with Crippen molar-refractivity contribution >= 4 is 16.0 Å². The number of H-pyrrole nitrogens is 1. The van der Waals surface area contributed by atoms with Crippen LogP contribution in [0.25, 0.3) is 0 Å². The summed E-state index contributed by atoms with van der Waals surface area (Å²) < 4.78 is 59.6. The maximum Gasteiger partial charge on any atom is 0.278 e. The molecule has 9 nitrogen and oxygen atoms in total. The number of aromatic amines is 1. The number of nitrogens with one attached hydrogen (secondary N) is 1. The van der Waals surface area contributed by atoms with Crippen LogP contribution in [0.4, 0.5) is 8.78 Å². The summed E-state index contributed by atoms with van der Waals surface area (Å²) in [6, 6.07) is 10.9. The Hall–Kier alpha value is -3.64. The zero-order chi connectivity index (χ0) is 26.0. The van der Waals surface area contributed by atoms with E-state index in [0.717, 1.165) is 18.5 Å². The second-order valence-electron chi connectivity index (χ2n) is 8.45. The lowest BCUT2D eigenvalue weighted by molar-refractivity contribution is 0.0525. The zero-order valence-corrected chi connectivity index (χ0v) is 19.9. The Morgan fingerprint density at radius 1 is 1.19 bits per heavy atom. The first-order chi connectivity index (χ1) is 17.1. The second-order valence-corrected chi connectivity index (χ2v) is 10.1. The number of aromatic hydroxyl groups is 1. The average Bonchev–Trinajstić information content (AvgIpc) is 3.32. The number of aromatic nitrogens is 2. The smallest absolute Gasteiger partial charge is 0.278 e. The number of carbonyl (C=O) groups excluding carboxylic acids is 1. The molecule has 1 aliphatic rings. The molecule has 1 saturated heterocycles. The van der Waals surface area contributed by atoms with Gasteiger partial charge in [0.2, 0.25) is 0 Å². The number of halogens is 2. The molecule has 36 heavy (non-hydrogen) atoms. The minimum absolute atomic E-state index is 0.122. The Morgan fingerprint density at radius 3 is 2.61 bits per heavy atom. The molecule has 12 heteroatoms. The lowest BCUT2D eigenvalue weighted by Crippen LogP contribution is -2.48. The van der Waals surface area contributed by atoms with E-state index in [0.29, 0.717) is 12.0 Å². The van der Waals surface area contributed by atoms with E-state index in [1.807, 2.05) is 0 Å². The molecule has 4 rings (SSSR count). The highest BCUT2D eigenvalue weighted by molar-refractivity contribution is 7.86. The van der Waals surface area contributed by atoms with Gasteiger partial charge in [0.1, 0.15) is 6.10 Å². The quantitative estimate of drug-likeness (QED) is 0.459. The van der Waals surface area contributed by atoms with Crippen LogP contribution in [0, 0.1) is 11.6 Å². The highest BCUT2D eigenvalue weighted by atomic mass is 32.2. The van der Waals surface area contributed by atoms with Crippen LogP contribution in [0.1, 0.15) is 40.4 Å². The average molecular weight is 520 g/mol. The normalized spacial score (nSPS) is 17.6. The van der Waals surface area contributed by atoms with Gasteiger partial charge in [-0.2, -0.15) is 13.5 Å². The standard InChI is InChI=1S/C24H23F2N3O6S/c1-36(33,34)35-23(17-11-6-12-29(17)24(32)21-22(31)18(30)13-27-28-21)19(14-7-3-2-4-8-14)15-9-5-10-16(25)20(15)26/h2-5,7-10,13,17,19,23H,6,11-12H2,1H3,(H,27,31)(H,28,30)/t17-,19-,23+/m1/s1. The molecule has 2 N–H and O–H groups in total. The number of nitrogens with zero attached hydrogens (tertiary/aromatic N) is 2. The van der Waals surface area contributed by atoms with Gasteiger partial charge in [-0.1, -0.05) is 42.5 Å². The van der Waals surface area contributed by atoms with E-state index < -0.39 is 62.6 Å². The minimum Gasteiger partial charge on any atom is -0.503 e. The molecule has 3 atom stereocenters. The first-order valence-electron chi connectivity index (χ1n) is 11.0. The number of rotatable bonds is 7. The fourth-order valence-corrected chi connectivity index (χ4v) is 5.22. The number of benzene rings is 2. The summed E-state index contributed by atoms with van der Waals surface area (Å²) >= 11 is 0. The number of hydrogen-bond donors (Lipinski definition) is 2. The number of hydrogen-bond acceptors (Lipinski definition) is 7. The third-order valence-electron chi connectivity index (χ3n) is 6.06. The molecule has 0 spiro atoms. The molecule has 3 aromatic rings. The highest BCUT2D eigenvalue weighted by Crippen LogP contribution is 2.38. The van der Waals surface area contributed by atoms with E-state index in [-0.39, 0.29) is 18.5 Å². The molecule has 0 saturated carbocycles. The summed E-state index contributed by atoms with van der Waals surface area (Å²) in [5.74, 6) is -5.00. The number of amides is 1. The Kier molecular flexibility index (Phi) is 7.18. The van der Waals surface area contributed by atoms with Crippen molar-refractivity contribution in [1.29, 1.82) is 0 Å². The molecule has 190 valence electrons. The van der Waals surface area contributed by atoms with Crippen LogP contribution >= 0.6 is 0 Å². The Bertz CT molecular complexity index is 1430. The van der Waals surface area contributed by atoms with Crippen LogP contribution < -0.4 is 5.43 Å². The van der Waals surface area contributed by atoms with E-state index in [1.54, 1.807) is 30.3 Å². The van der Waals surface area contributed by atoms with Crippen LogP contribution in [0.2, 0.25) is 0 Å². The maximum absolute atomic E-state index is 15.1. The van der Waals surface area contributed by atoms with Crippen molar-refractivity contribution in [2.45, 2.75) is 30.9 Å². The van der Waals surface area contributed by atoms with E-state index in [9.17, 15) is 27.5 Å². The first-order valence-corrected chi connectivity index (χ1v) is 12.8. The summed E-state index contributed by atoms with van der Waals surface area (Å²) in [7, 11) is -4.15. The van der Waals surface area contributed by atoms with Gasteiger partial charge in [-0.25, -0.2) is 8.78 Å². The van der Waals surface area contributed by atoms with Gasteiger partial charge in [0.15, 0.2) is 23.1 Å². The van der Waals surface area contributed by atoms with E-state index in [2.05, 4.69) is 10.2 Å². The SMILES string of the molecule is CS(=O)(=O)O[C@H]([C@H](c1ccccc1)c1cccc(F)c1F)[C@H]1CCCN1C(=O)c1n[nH]cc(O)c1=O. The van der Waals surface area contributed by atoms with Crippen molar-refractivity contribution < 1.29 is 31.3 Å². The minimum atomic E-state index is -4.15. The monoisotopic (exact) mass is 519 g/mol. The van der Waals surface area contributed by atoms with Crippen LogP contribution in [0.3, 0.4) is 0 Å². The second kappa shape index (κ2) is 10.2. The zero-order valence-electron chi connectivity index (χ0n) is 19.1. The van der Waals surface area contributed by atoms with Crippen molar-refractivity contribution in [3.05, 3.63) is 93.4 Å². The first kappa shape index (κ1) is 25.5. The lowest BCUT2D eigenvalue weighted by atomic mass is 9.82. The van der Waals surface area contributed by atoms with Crippen LogP contribution in [-0.4, -0.2) is 59.5 Å². The molecular formula is C24H23F2N3O6S. The third kappa shape index (κ3) is 5.14. The van der Waals surface area contributed by atoms with E-state index in [1.165, 1.54) is 17.0 Å². The fraction of sp³-hybridized carbons (Fsp3) is 0.292. The van der Waals surface area contributed by atoms with Crippen molar-refractivity contribution in [2.75, 3.05) is 12.8 Å². The van der Waals surface area contributed by atoms with Crippen LogP contribution in [-0.2, 0) is 14.3 Å². The van der Waals surface area contributed by atoms with Crippen molar-refractivity contribution in [1.82, 2.24) is 15.1 Å². The van der Waals surface area contributed by atoms with E-state index >= 15 is 4.39 Å². The van der Waals surface area contributed by atoms with E-state index in [4.69, 9.17) is 4.18 Å². The molecule has 1 aliphatic heterocycles. The maximum atomic E-state index is 15.1. The molecule has 1 fully saturated rings. The number of carbonyl (C=O) groups is 1. The predicted molar refractivity (Wildman–Crippen MR) is 125 cm³/mol. The molecule has 0 unspecified atom stereocenters. The predicted octanol–water partition coefficient (Wildman–Crippen LogP) is 2.54. The molecule has 2 aromatic carbocycles. The fourth-order valence-electron chi connectivity index (χ4n) is 4.57. The van der Waals surface area contributed by atoms with Crippen molar-refractivity contribution in [3.8, 4) is 5.75 Å². The topological polar surface area (TPSA) is 130 Å². The summed E-state index contributed by atoms with van der Waals surface area (Å²) in [6.45, 7) is 0.122. The summed E-state index contributed by atoms with van der Waals surface area (Å²) in [5.41, 5.74) is -1.31. The molecule has 0 aliphatic carbocycles. The van der Waals surface area contributed by atoms with Crippen molar-refractivity contribution in [2.24, 2.45) is 0 Å².